The van der Waals surface area contributed by atoms with Crippen LogP contribution >= 0.6 is 0 Å². The molecule has 31 heavy (non-hydrogen) atoms. The van der Waals surface area contributed by atoms with Crippen LogP contribution in [-0.2, 0) is 13.0 Å². The van der Waals surface area contributed by atoms with Crippen molar-refractivity contribution in [3.8, 4) is 5.75 Å². The van der Waals surface area contributed by atoms with Gasteiger partial charge in [0.05, 0.1) is 0 Å². The van der Waals surface area contributed by atoms with Gasteiger partial charge >= 0.3 is 6.36 Å². The number of fused-ring (bicyclic) bond motifs is 1. The second-order valence-corrected chi connectivity index (χ2v) is 8.31. The second-order valence-electron chi connectivity index (χ2n) is 8.31. The molecule has 1 fully saturated rings. The quantitative estimate of drug-likeness (QED) is 0.736. The van der Waals surface area contributed by atoms with E-state index in [1.165, 1.54) is 12.1 Å². The predicted molar refractivity (Wildman–Crippen MR) is 107 cm³/mol. The zero-order valence-electron chi connectivity index (χ0n) is 17.6. The molecular weight excluding hydrogens is 411 g/mol. The van der Waals surface area contributed by atoms with Gasteiger partial charge in [0.15, 0.2) is 0 Å². The lowest BCUT2D eigenvalue weighted by Gasteiger charge is -2.21. The van der Waals surface area contributed by atoms with Gasteiger partial charge in [-0.25, -0.2) is 0 Å². The Morgan fingerprint density at radius 3 is 2.48 bits per heavy atom. The number of benzene rings is 1. The van der Waals surface area contributed by atoms with E-state index in [-0.39, 0.29) is 11.7 Å². The summed E-state index contributed by atoms with van der Waals surface area (Å²) in [4.78, 5) is 17.0. The van der Waals surface area contributed by atoms with E-state index in [9.17, 15) is 18.0 Å². The average molecular weight is 437 g/mol. The maximum atomic E-state index is 12.9. The third-order valence-corrected chi connectivity index (χ3v) is 5.99. The molecule has 0 spiro atoms. The molecule has 1 atom stereocenters. The summed E-state index contributed by atoms with van der Waals surface area (Å²) in [6.45, 7) is 7.99. The van der Waals surface area contributed by atoms with Crippen molar-refractivity contribution in [3.63, 3.8) is 0 Å². The third-order valence-electron chi connectivity index (χ3n) is 5.99. The summed E-state index contributed by atoms with van der Waals surface area (Å²) in [5, 5.41) is 8.84. The van der Waals surface area contributed by atoms with Gasteiger partial charge in [-0.15, -0.1) is 23.4 Å². The molecule has 7 nitrogen and oxygen atoms in total. The van der Waals surface area contributed by atoms with Gasteiger partial charge in [0.1, 0.15) is 17.4 Å². The van der Waals surface area contributed by atoms with Crippen LogP contribution in [0.1, 0.15) is 48.2 Å². The Hall–Kier alpha value is -2.62. The summed E-state index contributed by atoms with van der Waals surface area (Å²) in [5.41, 5.74) is 0.329. The van der Waals surface area contributed by atoms with Gasteiger partial charge in [-0.3, -0.25) is 4.79 Å². The Kier molecular flexibility index (Phi) is 5.92. The predicted octanol–water partition coefficient (Wildman–Crippen LogP) is 3.07. The van der Waals surface area contributed by atoms with E-state index in [1.54, 1.807) is 4.90 Å². The number of hydrogen-bond acceptors (Lipinski definition) is 5. The number of nitrogens with zero attached hydrogens (tertiary/aromatic N) is 5. The number of ether oxygens (including phenoxy) is 1. The number of amides is 1. The van der Waals surface area contributed by atoms with Gasteiger partial charge in [0.2, 0.25) is 0 Å². The SMILES string of the molecule is CC(C)N1CCC(c2nnc3n2CCN(C(=O)c2ccc(OC(F)(F)F)cc2)CC3)C1. The summed E-state index contributed by atoms with van der Waals surface area (Å²) in [6, 6.07) is 5.54. The summed E-state index contributed by atoms with van der Waals surface area (Å²) in [5.74, 6) is 1.64. The standard InChI is InChI=1S/C21H26F3N5O2/c1-14(2)28-9-7-16(13-28)19-26-25-18-8-10-27(11-12-29(18)19)20(30)15-3-5-17(6-4-15)31-21(22,23)24/h3-6,14,16H,7-13H2,1-2H3. The second kappa shape index (κ2) is 8.49. The van der Waals surface area contributed by atoms with Crippen LogP contribution in [-0.4, -0.2) is 69.1 Å². The van der Waals surface area contributed by atoms with E-state index >= 15 is 0 Å². The Morgan fingerprint density at radius 1 is 1.10 bits per heavy atom. The molecule has 1 unspecified atom stereocenters. The molecule has 0 aliphatic carbocycles. The minimum Gasteiger partial charge on any atom is -0.406 e. The van der Waals surface area contributed by atoms with Crippen molar-refractivity contribution in [2.24, 2.45) is 0 Å². The molecule has 0 radical (unpaired) electrons. The fraction of sp³-hybridized carbons (Fsp3) is 0.571. The van der Waals surface area contributed by atoms with Crippen molar-refractivity contribution in [1.82, 2.24) is 24.6 Å². The molecule has 0 bridgehead atoms. The van der Waals surface area contributed by atoms with E-state index in [0.717, 1.165) is 43.3 Å². The summed E-state index contributed by atoms with van der Waals surface area (Å²) in [6.07, 6.45) is -3.12. The maximum Gasteiger partial charge on any atom is 0.573 e. The Bertz CT molecular complexity index is 926. The average Bonchev–Trinajstić information content (AvgIpc) is 3.29. The number of carbonyl (C=O) groups excluding carboxylic acids is 1. The highest BCUT2D eigenvalue weighted by Crippen LogP contribution is 2.28. The van der Waals surface area contributed by atoms with Crippen LogP contribution in [0.4, 0.5) is 13.2 Å². The molecule has 2 aliphatic rings. The summed E-state index contributed by atoms with van der Waals surface area (Å²) in [7, 11) is 0. The van der Waals surface area contributed by atoms with Crippen LogP contribution in [0.3, 0.4) is 0 Å². The van der Waals surface area contributed by atoms with Crippen LogP contribution in [0.25, 0.3) is 0 Å². The van der Waals surface area contributed by atoms with Gasteiger partial charge in [-0.1, -0.05) is 0 Å². The zero-order chi connectivity index (χ0) is 22.2. The molecule has 3 heterocycles. The first kappa shape index (κ1) is 21.6. The van der Waals surface area contributed by atoms with Gasteiger partial charge < -0.3 is 19.1 Å². The first-order valence-corrected chi connectivity index (χ1v) is 10.5. The van der Waals surface area contributed by atoms with Crippen LogP contribution in [0.15, 0.2) is 24.3 Å². The molecule has 4 rings (SSSR count). The number of rotatable bonds is 4. The highest BCUT2D eigenvalue weighted by molar-refractivity contribution is 5.94. The fourth-order valence-corrected chi connectivity index (χ4v) is 4.30. The fourth-order valence-electron chi connectivity index (χ4n) is 4.30. The van der Waals surface area contributed by atoms with Crippen molar-refractivity contribution in [2.45, 2.75) is 51.6 Å². The van der Waals surface area contributed by atoms with Gasteiger partial charge in [-0.2, -0.15) is 0 Å². The van der Waals surface area contributed by atoms with Gasteiger partial charge in [-0.05, 0) is 51.1 Å². The monoisotopic (exact) mass is 437 g/mol. The Labute approximate surface area is 178 Å². The molecule has 2 aromatic rings. The Morgan fingerprint density at radius 2 is 1.84 bits per heavy atom. The molecule has 1 aromatic carbocycles. The van der Waals surface area contributed by atoms with Gasteiger partial charge in [0, 0.05) is 50.1 Å². The summed E-state index contributed by atoms with van der Waals surface area (Å²) >= 11 is 0. The van der Waals surface area contributed by atoms with Crippen molar-refractivity contribution in [3.05, 3.63) is 41.5 Å². The highest BCUT2D eigenvalue weighted by Gasteiger charge is 2.32. The van der Waals surface area contributed by atoms with Gasteiger partial charge in [0.25, 0.3) is 5.91 Å². The Balaban J connectivity index is 1.42. The molecule has 1 aromatic heterocycles. The first-order valence-electron chi connectivity index (χ1n) is 10.5. The molecule has 2 aliphatic heterocycles. The van der Waals surface area contributed by atoms with Crippen molar-refractivity contribution < 1.29 is 22.7 Å². The largest absolute Gasteiger partial charge is 0.573 e. The molecule has 1 saturated heterocycles. The number of alkyl halides is 3. The van der Waals surface area contributed by atoms with Crippen LogP contribution in [0.5, 0.6) is 5.75 Å². The van der Waals surface area contributed by atoms with E-state index in [4.69, 9.17) is 0 Å². The molecule has 1 amide bonds. The molecule has 0 N–H and O–H groups in total. The smallest absolute Gasteiger partial charge is 0.406 e. The molecular formula is C21H26F3N5O2. The maximum absolute atomic E-state index is 12.9. The van der Waals surface area contributed by atoms with Crippen molar-refractivity contribution in [1.29, 1.82) is 0 Å². The minimum absolute atomic E-state index is 0.217. The van der Waals surface area contributed by atoms with E-state index in [1.807, 2.05) is 0 Å². The van der Waals surface area contributed by atoms with Crippen LogP contribution < -0.4 is 4.74 Å². The lowest BCUT2D eigenvalue weighted by atomic mass is 10.1. The van der Waals surface area contributed by atoms with Crippen molar-refractivity contribution >= 4 is 5.91 Å². The highest BCUT2D eigenvalue weighted by atomic mass is 19.4. The minimum atomic E-state index is -4.76. The van der Waals surface area contributed by atoms with Crippen molar-refractivity contribution in [2.75, 3.05) is 26.2 Å². The lowest BCUT2D eigenvalue weighted by Crippen LogP contribution is -2.34. The summed E-state index contributed by atoms with van der Waals surface area (Å²) < 4.78 is 43.0. The lowest BCUT2D eigenvalue weighted by molar-refractivity contribution is -0.274. The molecule has 10 heteroatoms. The molecule has 168 valence electrons. The number of hydrogen-bond donors (Lipinski definition) is 0. The molecule has 0 saturated carbocycles. The number of aromatic nitrogens is 3. The zero-order valence-corrected chi connectivity index (χ0v) is 17.6. The van der Waals surface area contributed by atoms with E-state index < -0.39 is 6.36 Å². The number of likely N-dealkylation sites (tertiary alicyclic amines) is 1. The van der Waals surface area contributed by atoms with Crippen LogP contribution in [0, 0.1) is 0 Å². The van der Waals surface area contributed by atoms with E-state index in [0.29, 0.717) is 43.6 Å². The first-order chi connectivity index (χ1) is 14.7. The normalized spacial score (nSPS) is 20.1. The topological polar surface area (TPSA) is 63.5 Å². The third kappa shape index (κ3) is 4.84. The number of carbonyl (C=O) groups is 1. The van der Waals surface area contributed by atoms with E-state index in [2.05, 4.69) is 38.2 Å². The van der Waals surface area contributed by atoms with Crippen LogP contribution in [0.2, 0.25) is 0 Å². The number of halogens is 3.